The van der Waals surface area contributed by atoms with Gasteiger partial charge in [0.15, 0.2) is 5.82 Å². The Labute approximate surface area is 219 Å². The summed E-state index contributed by atoms with van der Waals surface area (Å²) in [6.07, 6.45) is 0.942. The van der Waals surface area contributed by atoms with Crippen LogP contribution in [0.1, 0.15) is 31.5 Å². The maximum absolute atomic E-state index is 13.7. The third-order valence-electron chi connectivity index (χ3n) is 6.20. The summed E-state index contributed by atoms with van der Waals surface area (Å²) in [6, 6.07) is 17.9. The minimum Gasteiger partial charge on any atom is -0.356 e. The third-order valence-corrected chi connectivity index (χ3v) is 6.20. The van der Waals surface area contributed by atoms with Gasteiger partial charge >= 0.3 is 0 Å². The molecule has 10 heteroatoms. The van der Waals surface area contributed by atoms with Crippen LogP contribution in [0.15, 0.2) is 66.9 Å². The molecular formula is C28H29FN6O3. The Morgan fingerprint density at radius 2 is 1.82 bits per heavy atom. The van der Waals surface area contributed by atoms with Crippen LogP contribution in [0.2, 0.25) is 0 Å². The van der Waals surface area contributed by atoms with E-state index >= 15 is 0 Å². The predicted molar refractivity (Wildman–Crippen MR) is 140 cm³/mol. The molecule has 0 aliphatic carbocycles. The van der Waals surface area contributed by atoms with Gasteiger partial charge in [-0.2, -0.15) is 0 Å². The molecule has 2 aromatic carbocycles. The summed E-state index contributed by atoms with van der Waals surface area (Å²) in [5.41, 5.74) is 3.30. The molecule has 0 saturated carbocycles. The fourth-order valence-electron chi connectivity index (χ4n) is 4.11. The largest absolute Gasteiger partial charge is 0.356 e. The number of halogens is 1. The zero-order valence-electron chi connectivity index (χ0n) is 21.2. The number of imidazole rings is 1. The van der Waals surface area contributed by atoms with Gasteiger partial charge in [-0.3, -0.25) is 4.79 Å². The minimum absolute atomic E-state index is 0.101. The predicted octanol–water partition coefficient (Wildman–Crippen LogP) is 4.47. The fourth-order valence-corrected chi connectivity index (χ4v) is 4.11. The van der Waals surface area contributed by atoms with Crippen molar-refractivity contribution >= 4 is 11.9 Å². The number of ether oxygens (including phenoxy) is 2. The van der Waals surface area contributed by atoms with Crippen molar-refractivity contribution in [3.05, 3.63) is 84.1 Å². The lowest BCUT2D eigenvalue weighted by Gasteiger charge is -2.36. The van der Waals surface area contributed by atoms with E-state index < -0.39 is 6.29 Å². The zero-order chi connectivity index (χ0) is 26.5. The molecule has 3 heterocycles. The molecule has 0 radical (unpaired) electrons. The second-order valence-electron chi connectivity index (χ2n) is 9.63. The molecule has 38 heavy (non-hydrogen) atoms. The van der Waals surface area contributed by atoms with Crippen LogP contribution in [0.25, 0.3) is 22.6 Å². The van der Waals surface area contributed by atoms with Gasteiger partial charge in [0.2, 0.25) is 18.1 Å². The highest BCUT2D eigenvalue weighted by Crippen LogP contribution is 2.35. The number of nitrogens with one attached hydrogen (secondary N) is 3. The monoisotopic (exact) mass is 516 g/mol. The smallest absolute Gasteiger partial charge is 0.223 e. The Kier molecular flexibility index (Phi) is 7.43. The maximum Gasteiger partial charge on any atom is 0.223 e. The molecule has 0 unspecified atom stereocenters. The van der Waals surface area contributed by atoms with E-state index in [1.54, 1.807) is 24.4 Å². The Bertz CT molecular complexity index is 1390. The molecule has 1 aliphatic heterocycles. The van der Waals surface area contributed by atoms with Crippen molar-refractivity contribution in [2.24, 2.45) is 5.41 Å². The summed E-state index contributed by atoms with van der Waals surface area (Å²) in [6.45, 7) is 5.24. The van der Waals surface area contributed by atoms with Crippen molar-refractivity contribution in [3.8, 4) is 22.6 Å². The van der Waals surface area contributed by atoms with E-state index in [0.717, 1.165) is 5.56 Å². The second-order valence-corrected chi connectivity index (χ2v) is 9.63. The normalized spacial score (nSPS) is 19.2. The molecule has 5 rings (SSSR count). The van der Waals surface area contributed by atoms with E-state index in [2.05, 4.69) is 20.6 Å². The Balaban J connectivity index is 1.41. The van der Waals surface area contributed by atoms with E-state index in [9.17, 15) is 9.18 Å². The number of nitrogens with zero attached hydrogens (tertiary/aromatic N) is 3. The van der Waals surface area contributed by atoms with E-state index in [-0.39, 0.29) is 17.1 Å². The number of carbonyl (C=O) groups is 1. The Hall–Kier alpha value is -4.15. The Morgan fingerprint density at radius 1 is 1.08 bits per heavy atom. The van der Waals surface area contributed by atoms with Crippen molar-refractivity contribution in [1.29, 1.82) is 0 Å². The fraction of sp³-hybridized carbons (Fsp3) is 0.286. The van der Waals surface area contributed by atoms with Gasteiger partial charge in [-0.1, -0.05) is 37.3 Å². The number of hydrogen-bond donors (Lipinski definition) is 3. The third kappa shape index (κ3) is 6.04. The standard InChI is InChI=1S/C28H29FN6O3/c1-18(36)32-15-28(2)16-37-26(38-17-28)25-34-23(20-8-10-21(29)11-9-20)24(35-25)22-12-13-30-27(33-22)31-14-19-6-4-3-5-7-19/h3-13,26H,14-17H2,1-2H3,(H,32,36)(H,34,35)(H,30,31,33). The van der Waals surface area contributed by atoms with Crippen molar-refractivity contribution in [2.45, 2.75) is 26.7 Å². The number of aromatic amines is 1. The van der Waals surface area contributed by atoms with Gasteiger partial charge < -0.3 is 25.1 Å². The second kappa shape index (κ2) is 11.1. The quantitative estimate of drug-likeness (QED) is 0.317. The number of amides is 1. The first kappa shape index (κ1) is 25.5. The van der Waals surface area contributed by atoms with Gasteiger partial charge in [0.1, 0.15) is 5.82 Å². The van der Waals surface area contributed by atoms with Crippen LogP contribution in [0.3, 0.4) is 0 Å². The van der Waals surface area contributed by atoms with Gasteiger partial charge in [0.25, 0.3) is 0 Å². The van der Waals surface area contributed by atoms with Gasteiger partial charge in [-0.15, -0.1) is 0 Å². The molecule has 9 nitrogen and oxygen atoms in total. The molecule has 3 N–H and O–H groups in total. The van der Waals surface area contributed by atoms with Crippen LogP contribution in [-0.4, -0.2) is 45.6 Å². The average Bonchev–Trinajstić information content (AvgIpc) is 3.38. The zero-order valence-corrected chi connectivity index (χ0v) is 21.2. The van der Waals surface area contributed by atoms with E-state index in [1.807, 2.05) is 37.3 Å². The molecule has 4 aromatic rings. The topological polar surface area (TPSA) is 114 Å². The summed E-state index contributed by atoms with van der Waals surface area (Å²) in [5.74, 6) is 0.498. The molecule has 1 saturated heterocycles. The van der Waals surface area contributed by atoms with Gasteiger partial charge in [-0.05, 0) is 35.9 Å². The highest BCUT2D eigenvalue weighted by molar-refractivity contribution is 5.77. The average molecular weight is 517 g/mol. The van der Waals surface area contributed by atoms with Gasteiger partial charge in [-0.25, -0.2) is 19.3 Å². The number of aromatic nitrogens is 4. The van der Waals surface area contributed by atoms with E-state index in [0.29, 0.717) is 60.7 Å². The molecule has 0 spiro atoms. The number of benzene rings is 2. The van der Waals surface area contributed by atoms with Crippen LogP contribution < -0.4 is 10.6 Å². The van der Waals surface area contributed by atoms with Crippen LogP contribution in [0.5, 0.6) is 0 Å². The molecule has 1 fully saturated rings. The number of rotatable bonds is 8. The molecule has 0 bridgehead atoms. The highest BCUT2D eigenvalue weighted by atomic mass is 19.1. The van der Waals surface area contributed by atoms with Crippen LogP contribution in [0, 0.1) is 11.2 Å². The summed E-state index contributed by atoms with van der Waals surface area (Å²) < 4.78 is 25.7. The van der Waals surface area contributed by atoms with Crippen LogP contribution >= 0.6 is 0 Å². The summed E-state index contributed by atoms with van der Waals surface area (Å²) >= 11 is 0. The van der Waals surface area contributed by atoms with Crippen molar-refractivity contribution in [1.82, 2.24) is 25.3 Å². The number of carbonyl (C=O) groups excluding carboxylic acids is 1. The SMILES string of the molecule is CC(=O)NCC1(C)COC(c2nc(-c3ccc(F)cc3)c(-c3ccnc(NCc4ccccc4)n3)[nH]2)OC1. The minimum atomic E-state index is -0.731. The first-order chi connectivity index (χ1) is 18.4. The first-order valence-corrected chi connectivity index (χ1v) is 12.3. The summed E-state index contributed by atoms with van der Waals surface area (Å²) in [4.78, 5) is 28.5. The van der Waals surface area contributed by atoms with Crippen LogP contribution in [0.4, 0.5) is 10.3 Å². The lowest BCUT2D eigenvalue weighted by atomic mass is 9.92. The molecule has 196 valence electrons. The lowest BCUT2D eigenvalue weighted by Crippen LogP contribution is -2.45. The molecule has 1 aliphatic rings. The van der Waals surface area contributed by atoms with E-state index in [4.69, 9.17) is 19.4 Å². The molecule has 2 aromatic heterocycles. The lowest BCUT2D eigenvalue weighted by molar-refractivity contribution is -0.232. The molecular weight excluding hydrogens is 487 g/mol. The van der Waals surface area contributed by atoms with Crippen molar-refractivity contribution < 1.29 is 18.7 Å². The van der Waals surface area contributed by atoms with Crippen molar-refractivity contribution in [2.75, 3.05) is 25.1 Å². The number of hydrogen-bond acceptors (Lipinski definition) is 7. The van der Waals surface area contributed by atoms with Gasteiger partial charge in [0.05, 0.1) is 30.3 Å². The molecule has 0 atom stereocenters. The first-order valence-electron chi connectivity index (χ1n) is 12.3. The molecule has 1 amide bonds. The number of anilines is 1. The maximum atomic E-state index is 13.7. The highest BCUT2D eigenvalue weighted by Gasteiger charge is 2.35. The summed E-state index contributed by atoms with van der Waals surface area (Å²) in [5, 5.41) is 6.08. The summed E-state index contributed by atoms with van der Waals surface area (Å²) in [7, 11) is 0. The number of H-pyrrole nitrogens is 1. The van der Waals surface area contributed by atoms with E-state index in [1.165, 1.54) is 19.1 Å². The van der Waals surface area contributed by atoms with Crippen LogP contribution in [-0.2, 0) is 20.8 Å². The Morgan fingerprint density at radius 3 is 2.53 bits per heavy atom. The van der Waals surface area contributed by atoms with Crippen molar-refractivity contribution in [3.63, 3.8) is 0 Å². The van der Waals surface area contributed by atoms with Gasteiger partial charge in [0, 0.05) is 37.2 Å².